The minimum Gasteiger partial charge on any atom is -0.370 e. The molecule has 0 radical (unpaired) electrons. The number of hydrogen-bond acceptors (Lipinski definition) is 5. The van der Waals surface area contributed by atoms with Gasteiger partial charge in [0.05, 0.1) is 16.9 Å². The summed E-state index contributed by atoms with van der Waals surface area (Å²) >= 11 is 6.63. The van der Waals surface area contributed by atoms with Gasteiger partial charge in [-0.1, -0.05) is 35.9 Å². The van der Waals surface area contributed by atoms with Crippen LogP contribution in [0.15, 0.2) is 49.1 Å². The second kappa shape index (κ2) is 9.82. The Morgan fingerprint density at radius 3 is 2.47 bits per heavy atom. The van der Waals surface area contributed by atoms with Crippen molar-refractivity contribution in [2.45, 2.75) is 19.3 Å². The molecule has 1 aromatic carbocycles. The quantitative estimate of drug-likeness (QED) is 0.633. The largest absolute Gasteiger partial charge is 0.370 e. The van der Waals surface area contributed by atoms with Crippen LogP contribution in [0.3, 0.4) is 0 Å². The lowest BCUT2D eigenvalue weighted by molar-refractivity contribution is -0.120. The molecule has 1 fully saturated rings. The monoisotopic (exact) mass is 452 g/mol. The van der Waals surface area contributed by atoms with Crippen molar-refractivity contribution in [2.75, 3.05) is 24.5 Å². The zero-order chi connectivity index (χ0) is 22.5. The van der Waals surface area contributed by atoms with Gasteiger partial charge >= 0.3 is 6.03 Å². The van der Waals surface area contributed by atoms with Crippen molar-refractivity contribution in [3.05, 3.63) is 54.1 Å². The van der Waals surface area contributed by atoms with Gasteiger partial charge in [-0.05, 0) is 24.0 Å². The molecule has 1 aliphatic heterocycles. The number of carbonyl (C=O) groups excluding carboxylic acids is 2. The lowest BCUT2D eigenvalue weighted by Gasteiger charge is -2.28. The molecule has 3 heterocycles. The molecule has 0 unspecified atom stereocenters. The van der Waals surface area contributed by atoms with Gasteiger partial charge in [-0.15, -0.1) is 0 Å². The van der Waals surface area contributed by atoms with Crippen LogP contribution in [0.25, 0.3) is 22.3 Å². The number of carbonyl (C=O) groups is 2. The van der Waals surface area contributed by atoms with Crippen molar-refractivity contribution in [2.24, 2.45) is 7.05 Å². The number of hydrogen-bond donors (Lipinski definition) is 2. The summed E-state index contributed by atoms with van der Waals surface area (Å²) in [6.07, 6.45) is 8.87. The Morgan fingerprint density at radius 2 is 1.72 bits per heavy atom. The fraction of sp³-hybridized carbons (Fsp3) is 0.304. The van der Waals surface area contributed by atoms with Gasteiger partial charge in [-0.25, -0.2) is 4.79 Å². The summed E-state index contributed by atoms with van der Waals surface area (Å²) in [5.41, 5.74) is 4.95. The van der Waals surface area contributed by atoms with E-state index in [9.17, 15) is 9.59 Å². The lowest BCUT2D eigenvalue weighted by atomic mass is 10.0. The first-order valence-corrected chi connectivity index (χ1v) is 10.9. The molecule has 0 aliphatic carbocycles. The van der Waals surface area contributed by atoms with Crippen molar-refractivity contribution in [1.29, 1.82) is 0 Å². The minimum absolute atomic E-state index is 0.266. The normalized spacial score (nSPS) is 15.6. The zero-order valence-electron chi connectivity index (χ0n) is 17.8. The first-order valence-electron chi connectivity index (χ1n) is 10.6. The van der Waals surface area contributed by atoms with Crippen LogP contribution in [0, 0.1) is 0 Å². The van der Waals surface area contributed by atoms with E-state index in [1.807, 2.05) is 25.6 Å². The number of aromatic nitrogens is 3. The van der Waals surface area contributed by atoms with Crippen LogP contribution < -0.4 is 15.5 Å². The summed E-state index contributed by atoms with van der Waals surface area (Å²) in [7, 11) is 1.90. The molecular formula is C23H25ClN6O2. The summed E-state index contributed by atoms with van der Waals surface area (Å²) in [6.45, 7) is 1.80. The molecule has 4 rings (SSSR count). The van der Waals surface area contributed by atoms with Crippen molar-refractivity contribution >= 4 is 29.2 Å². The molecular weight excluding hydrogens is 428 g/mol. The van der Waals surface area contributed by atoms with Crippen molar-refractivity contribution < 1.29 is 9.59 Å². The molecule has 8 nitrogen and oxygen atoms in total. The van der Waals surface area contributed by atoms with Gasteiger partial charge in [-0.2, -0.15) is 5.10 Å². The molecule has 1 aliphatic rings. The van der Waals surface area contributed by atoms with Gasteiger partial charge in [0.1, 0.15) is 0 Å². The molecule has 0 saturated carbocycles. The Morgan fingerprint density at radius 1 is 0.969 bits per heavy atom. The highest BCUT2D eigenvalue weighted by Crippen LogP contribution is 2.37. The summed E-state index contributed by atoms with van der Waals surface area (Å²) < 4.78 is 1.78. The average Bonchev–Trinajstić information content (AvgIpc) is 3.20. The van der Waals surface area contributed by atoms with E-state index in [0.29, 0.717) is 31.1 Å². The molecule has 9 heteroatoms. The smallest absolute Gasteiger partial charge is 0.321 e. The number of nitrogens with zero attached hydrogens (tertiary/aromatic N) is 4. The maximum absolute atomic E-state index is 11.9. The van der Waals surface area contributed by atoms with Crippen molar-refractivity contribution in [3.63, 3.8) is 0 Å². The second-order valence-electron chi connectivity index (χ2n) is 7.75. The third-order valence-electron chi connectivity index (χ3n) is 5.40. The van der Waals surface area contributed by atoms with E-state index in [1.54, 1.807) is 10.9 Å². The molecule has 3 amide bonds. The number of rotatable bonds is 3. The third kappa shape index (κ3) is 5.08. The fourth-order valence-electron chi connectivity index (χ4n) is 3.84. The van der Waals surface area contributed by atoms with Crippen LogP contribution in [0.1, 0.15) is 19.3 Å². The number of urea groups is 1. The molecule has 2 aromatic heterocycles. The number of aryl methyl sites for hydroxylation is 1. The maximum atomic E-state index is 11.9. The highest BCUT2D eigenvalue weighted by atomic mass is 35.5. The number of pyridine rings is 1. The highest BCUT2D eigenvalue weighted by Gasteiger charge is 2.19. The first-order chi connectivity index (χ1) is 15.5. The van der Waals surface area contributed by atoms with Crippen LogP contribution in [0.4, 0.5) is 10.5 Å². The summed E-state index contributed by atoms with van der Waals surface area (Å²) in [5, 5.41) is 9.86. The predicted octanol–water partition coefficient (Wildman–Crippen LogP) is 3.62. The number of amides is 3. The van der Waals surface area contributed by atoms with Crippen LogP contribution in [-0.4, -0.2) is 46.3 Å². The third-order valence-corrected chi connectivity index (χ3v) is 5.67. The van der Waals surface area contributed by atoms with Gasteiger partial charge in [-0.3, -0.25) is 19.8 Å². The van der Waals surface area contributed by atoms with Gasteiger partial charge in [0, 0.05) is 62.8 Å². The predicted molar refractivity (Wildman–Crippen MR) is 124 cm³/mol. The van der Waals surface area contributed by atoms with Gasteiger partial charge in [0.2, 0.25) is 5.91 Å². The minimum atomic E-state index is -0.445. The van der Waals surface area contributed by atoms with Gasteiger partial charge in [0.15, 0.2) is 0 Å². The number of halogens is 1. The van der Waals surface area contributed by atoms with E-state index in [0.717, 1.165) is 34.4 Å². The summed E-state index contributed by atoms with van der Waals surface area (Å²) in [6, 6.07) is 7.78. The van der Waals surface area contributed by atoms with Crippen LogP contribution in [-0.2, 0) is 11.8 Å². The van der Waals surface area contributed by atoms with E-state index in [4.69, 9.17) is 11.6 Å². The van der Waals surface area contributed by atoms with Crippen LogP contribution in [0.5, 0.6) is 0 Å². The number of imide groups is 1. The first kappa shape index (κ1) is 21.8. The Bertz CT molecular complexity index is 1110. The highest BCUT2D eigenvalue weighted by molar-refractivity contribution is 6.33. The average molecular weight is 453 g/mol. The Balaban J connectivity index is 1.63. The molecule has 2 N–H and O–H groups in total. The van der Waals surface area contributed by atoms with E-state index in [-0.39, 0.29) is 12.3 Å². The summed E-state index contributed by atoms with van der Waals surface area (Å²) in [5.74, 6) is -0.281. The zero-order valence-corrected chi connectivity index (χ0v) is 18.6. The Hall–Kier alpha value is -3.39. The topological polar surface area (TPSA) is 92.2 Å². The van der Waals surface area contributed by atoms with E-state index in [2.05, 4.69) is 49.9 Å². The number of benzene rings is 1. The molecule has 1 saturated heterocycles. The standard InChI is InChI=1S/C23H25ClN6O2/c1-29-15-18(12-27-29)16-5-7-17(8-6-16)19-13-25-14-20(24)22(19)30-10-2-4-21(31)28-23(32)26-9-3-11-30/h5-8,12-15H,2-4,9-11H2,1H3,(H2,26,28,31,32). The second-order valence-corrected chi connectivity index (χ2v) is 8.15. The molecule has 0 bridgehead atoms. The van der Waals surface area contributed by atoms with E-state index < -0.39 is 6.03 Å². The fourth-order valence-corrected chi connectivity index (χ4v) is 4.12. The van der Waals surface area contributed by atoms with E-state index in [1.165, 1.54) is 0 Å². The van der Waals surface area contributed by atoms with E-state index >= 15 is 0 Å². The van der Waals surface area contributed by atoms with Gasteiger partial charge < -0.3 is 10.2 Å². The number of nitrogens with one attached hydrogen (secondary N) is 2. The molecule has 0 spiro atoms. The summed E-state index contributed by atoms with van der Waals surface area (Å²) in [4.78, 5) is 30.1. The molecule has 0 atom stereocenters. The maximum Gasteiger partial charge on any atom is 0.321 e. The van der Waals surface area contributed by atoms with Crippen molar-refractivity contribution in [3.8, 4) is 22.3 Å². The SMILES string of the molecule is Cn1cc(-c2ccc(-c3cncc(Cl)c3N3CCCNC(=O)NC(=O)CCC3)cc2)cn1. The number of anilines is 1. The molecule has 3 aromatic rings. The van der Waals surface area contributed by atoms with Crippen molar-refractivity contribution in [1.82, 2.24) is 25.4 Å². The lowest BCUT2D eigenvalue weighted by Crippen LogP contribution is -2.39. The van der Waals surface area contributed by atoms with Gasteiger partial charge in [0.25, 0.3) is 0 Å². The Labute approximate surface area is 191 Å². The molecule has 166 valence electrons. The Kier molecular flexibility index (Phi) is 6.70. The van der Waals surface area contributed by atoms with Crippen LogP contribution in [0.2, 0.25) is 5.02 Å². The van der Waals surface area contributed by atoms with Crippen LogP contribution >= 0.6 is 11.6 Å². The molecule has 32 heavy (non-hydrogen) atoms.